The molecule has 0 radical (unpaired) electrons. The molecule has 1 unspecified atom stereocenters. The van der Waals surface area contributed by atoms with Crippen molar-refractivity contribution in [2.45, 2.75) is 60.3 Å². The molecule has 0 saturated heterocycles. The van der Waals surface area contributed by atoms with Gasteiger partial charge in [-0.2, -0.15) is 9.19 Å². The minimum absolute atomic E-state index is 0.00677. The van der Waals surface area contributed by atoms with Crippen LogP contribution in [0.3, 0.4) is 0 Å². The molecular weight excluding hydrogens is 534 g/mol. The van der Waals surface area contributed by atoms with Gasteiger partial charge in [0.15, 0.2) is 11.5 Å². The summed E-state index contributed by atoms with van der Waals surface area (Å²) < 4.78 is 39.1. The number of nitrogens with one attached hydrogen (secondary N) is 2. The molecule has 0 bridgehead atoms. The van der Waals surface area contributed by atoms with E-state index >= 15 is 0 Å². The number of carbonyl (C=O) groups excluding carboxylic acids is 1. The third-order valence-corrected chi connectivity index (χ3v) is 6.72. The number of ether oxygens (including phenoxy) is 3. The number of fused-ring (bicyclic) bond motifs is 1. The van der Waals surface area contributed by atoms with Crippen molar-refractivity contribution in [2.24, 2.45) is 5.41 Å². The molecule has 0 saturated carbocycles. The molecule has 0 amide bonds. The normalized spacial score (nSPS) is 12.7. The molecule has 0 aliphatic heterocycles. The third kappa shape index (κ3) is 6.74. The Morgan fingerprint density at radius 3 is 2.42 bits per heavy atom. The fourth-order valence-corrected chi connectivity index (χ4v) is 5.29. The Bertz CT molecular complexity index is 1550. The standard InChI is InChI=1S/C28H35N5O6S/c1-17-13-14-19(28(6,7)16-27(3,4)5)15-22(17)39-40(35)32-26-29-24-23(37-18(2)34)25(30-33(24)31-26)38-21-12-10-9-11-20(21)36-8/h9-15H,16H2,1-8H3,(H2,29,31,32). The number of rotatable bonds is 10. The molecule has 12 heteroatoms. The fourth-order valence-electron chi connectivity index (χ4n) is 4.66. The number of carbonyl (C=O) groups is 1. The lowest BCUT2D eigenvalue weighted by molar-refractivity contribution is -0.131. The molecule has 11 nitrogen and oxygen atoms in total. The zero-order chi connectivity index (χ0) is 29.2. The molecule has 2 aromatic heterocycles. The van der Waals surface area contributed by atoms with E-state index in [1.165, 1.54) is 18.7 Å². The topological polar surface area (TPSA) is 129 Å². The van der Waals surface area contributed by atoms with Crippen LogP contribution in [0, 0.1) is 12.3 Å². The van der Waals surface area contributed by atoms with Crippen molar-refractivity contribution in [3.63, 3.8) is 0 Å². The number of hydrogen-bond donors (Lipinski definition) is 2. The first-order valence-electron chi connectivity index (χ1n) is 12.7. The Labute approximate surface area is 236 Å². The number of aromatic amines is 1. The lowest BCUT2D eigenvalue weighted by atomic mass is 9.72. The van der Waals surface area contributed by atoms with Crippen LogP contribution in [0.4, 0.5) is 5.95 Å². The third-order valence-electron chi connectivity index (χ3n) is 6.03. The molecule has 2 aromatic carbocycles. The molecule has 2 heterocycles. The second kappa shape index (κ2) is 11.2. The van der Waals surface area contributed by atoms with Crippen LogP contribution < -0.4 is 23.1 Å². The van der Waals surface area contributed by atoms with Crippen LogP contribution >= 0.6 is 0 Å². The summed E-state index contributed by atoms with van der Waals surface area (Å²) in [6, 6.07) is 12.9. The molecule has 0 aliphatic carbocycles. The second-order valence-corrected chi connectivity index (χ2v) is 12.2. The van der Waals surface area contributed by atoms with Gasteiger partial charge < -0.3 is 18.4 Å². The summed E-state index contributed by atoms with van der Waals surface area (Å²) in [5.41, 5.74) is 2.10. The predicted molar refractivity (Wildman–Crippen MR) is 152 cm³/mol. The van der Waals surface area contributed by atoms with Gasteiger partial charge in [-0.1, -0.05) is 58.9 Å². The number of esters is 1. The zero-order valence-corrected chi connectivity index (χ0v) is 24.8. The lowest BCUT2D eigenvalue weighted by Gasteiger charge is -2.33. The van der Waals surface area contributed by atoms with Gasteiger partial charge in [-0.3, -0.25) is 4.79 Å². The molecule has 214 valence electrons. The van der Waals surface area contributed by atoms with E-state index in [9.17, 15) is 9.00 Å². The molecule has 2 N–H and O–H groups in total. The van der Waals surface area contributed by atoms with E-state index in [1.807, 2.05) is 19.1 Å². The van der Waals surface area contributed by atoms with Gasteiger partial charge in [-0.05, 0) is 53.5 Å². The number of methoxy groups -OCH3 is 1. The number of H-pyrrole nitrogens is 1. The molecule has 1 atom stereocenters. The highest BCUT2D eigenvalue weighted by Gasteiger charge is 2.28. The first-order valence-corrected chi connectivity index (χ1v) is 13.8. The van der Waals surface area contributed by atoms with Gasteiger partial charge in [-0.15, -0.1) is 9.73 Å². The Morgan fingerprint density at radius 2 is 1.77 bits per heavy atom. The average Bonchev–Trinajstić information content (AvgIpc) is 3.36. The van der Waals surface area contributed by atoms with Crippen molar-refractivity contribution in [1.82, 2.24) is 19.8 Å². The smallest absolute Gasteiger partial charge is 0.318 e. The molecule has 4 rings (SSSR count). The van der Waals surface area contributed by atoms with E-state index in [4.69, 9.17) is 18.4 Å². The van der Waals surface area contributed by atoms with E-state index in [-0.39, 0.29) is 34.1 Å². The largest absolute Gasteiger partial charge is 0.493 e. The first kappa shape index (κ1) is 28.9. The Hall–Kier alpha value is -4.06. The van der Waals surface area contributed by atoms with Crippen molar-refractivity contribution in [3.05, 3.63) is 53.6 Å². The van der Waals surface area contributed by atoms with Crippen molar-refractivity contribution in [2.75, 3.05) is 11.8 Å². The number of nitrogens with zero attached hydrogens (tertiary/aromatic N) is 3. The van der Waals surface area contributed by atoms with Crippen molar-refractivity contribution in [1.29, 1.82) is 0 Å². The van der Waals surface area contributed by atoms with E-state index in [1.54, 1.807) is 24.3 Å². The summed E-state index contributed by atoms with van der Waals surface area (Å²) >= 11 is -2.00. The van der Waals surface area contributed by atoms with Gasteiger partial charge in [0.2, 0.25) is 17.3 Å². The molecule has 4 aromatic rings. The second-order valence-electron chi connectivity index (χ2n) is 11.3. The van der Waals surface area contributed by atoms with Crippen LogP contribution in [-0.2, 0) is 21.5 Å². The monoisotopic (exact) mass is 569 g/mol. The maximum absolute atomic E-state index is 12.9. The lowest BCUT2D eigenvalue weighted by Crippen LogP contribution is -2.25. The molecule has 0 aliphatic rings. The maximum Gasteiger partial charge on any atom is 0.318 e. The van der Waals surface area contributed by atoms with Crippen LogP contribution in [-0.4, -0.2) is 37.1 Å². The minimum atomic E-state index is -2.00. The van der Waals surface area contributed by atoms with Crippen molar-refractivity contribution in [3.8, 4) is 28.9 Å². The molecule has 40 heavy (non-hydrogen) atoms. The number of para-hydroxylation sites is 2. The Morgan fingerprint density at radius 1 is 1.07 bits per heavy atom. The Balaban J connectivity index is 1.55. The van der Waals surface area contributed by atoms with E-state index in [2.05, 4.69) is 60.6 Å². The van der Waals surface area contributed by atoms with Gasteiger partial charge in [0, 0.05) is 6.92 Å². The number of aryl methyl sites for hydroxylation is 1. The van der Waals surface area contributed by atoms with Gasteiger partial charge in [0.05, 0.1) is 7.11 Å². The summed E-state index contributed by atoms with van der Waals surface area (Å²) in [4.78, 5) is 16.2. The van der Waals surface area contributed by atoms with Crippen molar-refractivity contribution < 1.29 is 27.4 Å². The van der Waals surface area contributed by atoms with Crippen LogP contribution in [0.25, 0.3) is 5.65 Å². The highest BCUT2D eigenvalue weighted by molar-refractivity contribution is 7.81. The summed E-state index contributed by atoms with van der Waals surface area (Å²) in [6.45, 7) is 14.1. The SMILES string of the molecule is COc1ccccc1Oc1nn2[nH]c(NS(=O)Oc3cc(C(C)(C)CC(C)(C)C)ccc3C)nc2c1OC(C)=O. The maximum atomic E-state index is 12.9. The van der Waals surface area contributed by atoms with Crippen LogP contribution in [0.1, 0.15) is 59.1 Å². The van der Waals surface area contributed by atoms with Gasteiger partial charge in [0.25, 0.3) is 5.88 Å². The summed E-state index contributed by atoms with van der Waals surface area (Å²) in [6.07, 6.45) is 0.962. The van der Waals surface area contributed by atoms with Crippen LogP contribution in [0.15, 0.2) is 42.5 Å². The minimum Gasteiger partial charge on any atom is -0.493 e. The first-order chi connectivity index (χ1) is 18.8. The van der Waals surface area contributed by atoms with Gasteiger partial charge in [-0.25, -0.2) is 9.82 Å². The number of aromatic nitrogens is 4. The van der Waals surface area contributed by atoms with E-state index in [0.29, 0.717) is 17.2 Å². The average molecular weight is 570 g/mol. The Kier molecular flexibility index (Phi) is 8.10. The molecule has 0 spiro atoms. The number of hydrogen-bond acceptors (Lipinski definition) is 8. The van der Waals surface area contributed by atoms with Gasteiger partial charge in [0.1, 0.15) is 5.75 Å². The number of benzene rings is 2. The van der Waals surface area contributed by atoms with Crippen LogP contribution in [0.5, 0.6) is 28.9 Å². The summed E-state index contributed by atoms with van der Waals surface area (Å²) in [7, 11) is 1.51. The molecular formula is C28H35N5O6S. The highest BCUT2D eigenvalue weighted by Crippen LogP contribution is 2.39. The quantitative estimate of drug-likeness (QED) is 0.227. The highest BCUT2D eigenvalue weighted by atomic mass is 32.2. The summed E-state index contributed by atoms with van der Waals surface area (Å²) in [5.74, 6) is 0.808. The van der Waals surface area contributed by atoms with Crippen molar-refractivity contribution >= 4 is 28.8 Å². The van der Waals surface area contributed by atoms with E-state index in [0.717, 1.165) is 17.5 Å². The molecule has 0 fully saturated rings. The zero-order valence-electron chi connectivity index (χ0n) is 23.9. The fraction of sp³-hybridized carbons (Fsp3) is 0.393. The summed E-state index contributed by atoms with van der Waals surface area (Å²) in [5, 5.41) is 7.14. The van der Waals surface area contributed by atoms with Crippen LogP contribution in [0.2, 0.25) is 0 Å². The van der Waals surface area contributed by atoms with E-state index < -0.39 is 17.2 Å². The number of anilines is 1. The predicted octanol–water partition coefficient (Wildman–Crippen LogP) is 5.88. The van der Waals surface area contributed by atoms with Gasteiger partial charge >= 0.3 is 17.2 Å².